The summed E-state index contributed by atoms with van der Waals surface area (Å²) in [5, 5.41) is 11.2. The van der Waals surface area contributed by atoms with Crippen molar-refractivity contribution in [1.29, 1.82) is 5.26 Å². The Bertz CT molecular complexity index is 247. The van der Waals surface area contributed by atoms with Gasteiger partial charge >= 0.3 is 0 Å². The smallest absolute Gasteiger partial charge is 0.148 e. The van der Waals surface area contributed by atoms with Crippen molar-refractivity contribution in [2.45, 2.75) is 13.0 Å². The number of nitrogens with one attached hydrogen (secondary N) is 1. The largest absolute Gasteiger partial charge is 0.292 e. The van der Waals surface area contributed by atoms with Crippen molar-refractivity contribution >= 4 is 0 Å². The molecule has 0 spiro atoms. The summed E-state index contributed by atoms with van der Waals surface area (Å²) in [4.78, 5) is 0. The molecule has 11 heavy (non-hydrogen) atoms. The van der Waals surface area contributed by atoms with Crippen molar-refractivity contribution in [3.05, 3.63) is 23.6 Å². The zero-order chi connectivity index (χ0) is 8.27. The molecule has 0 bridgehead atoms. The van der Waals surface area contributed by atoms with E-state index in [0.717, 1.165) is 5.57 Å². The van der Waals surface area contributed by atoms with Gasteiger partial charge in [0.1, 0.15) is 11.9 Å². The summed E-state index contributed by atoms with van der Waals surface area (Å²) in [6.45, 7) is 2.46. The van der Waals surface area contributed by atoms with Crippen LogP contribution in [0.2, 0.25) is 0 Å². The molecule has 58 valence electrons. The Hall–Kier alpha value is -1.14. The Kier molecular flexibility index (Phi) is 2.40. The van der Waals surface area contributed by atoms with Crippen LogP contribution in [-0.4, -0.2) is 12.6 Å². The highest BCUT2D eigenvalue weighted by molar-refractivity contribution is 5.25. The first-order chi connectivity index (χ1) is 5.24. The molecule has 0 radical (unpaired) electrons. The molecular weight excluding hydrogens is 143 g/mol. The highest BCUT2D eigenvalue weighted by atomic mass is 19.1. The predicted molar refractivity (Wildman–Crippen MR) is 40.4 cm³/mol. The van der Waals surface area contributed by atoms with Gasteiger partial charge in [-0.3, -0.25) is 5.32 Å². The number of allylic oxidation sites excluding steroid dienone is 2. The lowest BCUT2D eigenvalue weighted by Gasteiger charge is -2.05. The summed E-state index contributed by atoms with van der Waals surface area (Å²) in [5.41, 5.74) is 1.03. The second-order valence-electron chi connectivity index (χ2n) is 2.51. The Morgan fingerprint density at radius 3 is 3.09 bits per heavy atom. The van der Waals surface area contributed by atoms with Crippen LogP contribution in [0.15, 0.2) is 23.6 Å². The molecule has 1 unspecified atom stereocenters. The number of halogens is 1. The van der Waals surface area contributed by atoms with Crippen molar-refractivity contribution in [2.24, 2.45) is 0 Å². The molecule has 1 heterocycles. The summed E-state index contributed by atoms with van der Waals surface area (Å²) in [6, 6.07) is 1.05. The lowest BCUT2D eigenvalue weighted by molar-refractivity contribution is 0.537. The minimum atomic E-state index is -0.774. The quantitative estimate of drug-likeness (QED) is 0.567. The van der Waals surface area contributed by atoms with Gasteiger partial charge in [0.05, 0.1) is 6.07 Å². The van der Waals surface area contributed by atoms with E-state index in [1.165, 1.54) is 6.08 Å². The fourth-order valence-electron chi connectivity index (χ4n) is 0.845. The molecule has 2 nitrogen and oxygen atoms in total. The van der Waals surface area contributed by atoms with E-state index in [2.05, 4.69) is 5.32 Å². The summed E-state index contributed by atoms with van der Waals surface area (Å²) in [7, 11) is 0. The minimum absolute atomic E-state index is 0.413. The molecule has 0 aromatic rings. The van der Waals surface area contributed by atoms with Crippen LogP contribution >= 0.6 is 0 Å². The van der Waals surface area contributed by atoms with Crippen molar-refractivity contribution in [1.82, 2.24) is 5.32 Å². The Labute approximate surface area is 65.0 Å². The third kappa shape index (κ3) is 1.89. The SMILES string of the molecule is CC1=CC=C(F)C(C#N)NC1. The van der Waals surface area contributed by atoms with Gasteiger partial charge in [0.15, 0.2) is 0 Å². The van der Waals surface area contributed by atoms with Crippen LogP contribution in [0.1, 0.15) is 6.92 Å². The second kappa shape index (κ2) is 3.31. The third-order valence-corrected chi connectivity index (χ3v) is 1.52. The van der Waals surface area contributed by atoms with Crippen LogP contribution in [0.3, 0.4) is 0 Å². The first-order valence-electron chi connectivity index (χ1n) is 3.40. The molecule has 3 heteroatoms. The van der Waals surface area contributed by atoms with Crippen LogP contribution in [0.5, 0.6) is 0 Å². The van der Waals surface area contributed by atoms with E-state index in [0.29, 0.717) is 6.54 Å². The Morgan fingerprint density at radius 2 is 2.45 bits per heavy atom. The topological polar surface area (TPSA) is 35.8 Å². The van der Waals surface area contributed by atoms with Crippen LogP contribution in [0.4, 0.5) is 4.39 Å². The highest BCUT2D eigenvalue weighted by Gasteiger charge is 2.13. The monoisotopic (exact) mass is 152 g/mol. The molecule has 0 saturated carbocycles. The van der Waals surface area contributed by atoms with E-state index in [1.54, 1.807) is 6.08 Å². The number of nitrogens with zero attached hydrogens (tertiary/aromatic N) is 1. The number of hydrogen-bond donors (Lipinski definition) is 1. The second-order valence-corrected chi connectivity index (χ2v) is 2.51. The molecule has 1 rings (SSSR count). The number of rotatable bonds is 0. The summed E-state index contributed by atoms with van der Waals surface area (Å²) in [5.74, 6) is -0.413. The molecule has 0 saturated heterocycles. The van der Waals surface area contributed by atoms with Gasteiger partial charge in [-0.05, 0) is 13.0 Å². The van der Waals surface area contributed by atoms with Gasteiger partial charge in [-0.2, -0.15) is 5.26 Å². The van der Waals surface area contributed by atoms with Gasteiger partial charge in [-0.1, -0.05) is 11.6 Å². The molecule has 0 aromatic carbocycles. The summed E-state index contributed by atoms with van der Waals surface area (Å²) >= 11 is 0. The maximum absolute atomic E-state index is 12.8. The van der Waals surface area contributed by atoms with Crippen LogP contribution in [0.25, 0.3) is 0 Å². The zero-order valence-corrected chi connectivity index (χ0v) is 6.26. The lowest BCUT2D eigenvalue weighted by Crippen LogP contribution is -2.28. The normalized spacial score (nSPS) is 24.6. The van der Waals surface area contributed by atoms with E-state index in [4.69, 9.17) is 5.26 Å². The molecule has 1 aliphatic rings. The minimum Gasteiger partial charge on any atom is -0.292 e. The maximum atomic E-state index is 12.8. The van der Waals surface area contributed by atoms with E-state index in [9.17, 15) is 4.39 Å². The average molecular weight is 152 g/mol. The molecule has 0 aromatic heterocycles. The van der Waals surface area contributed by atoms with E-state index in [1.807, 2.05) is 13.0 Å². The first kappa shape index (κ1) is 7.96. The average Bonchev–Trinajstić information content (AvgIpc) is 2.15. The van der Waals surface area contributed by atoms with E-state index in [-0.39, 0.29) is 0 Å². The Morgan fingerprint density at radius 1 is 1.73 bits per heavy atom. The van der Waals surface area contributed by atoms with E-state index >= 15 is 0 Å². The zero-order valence-electron chi connectivity index (χ0n) is 6.26. The molecule has 1 N–H and O–H groups in total. The molecular formula is C8H9FN2. The van der Waals surface area contributed by atoms with Gasteiger partial charge < -0.3 is 0 Å². The van der Waals surface area contributed by atoms with E-state index < -0.39 is 11.9 Å². The predicted octanol–water partition coefficient (Wildman–Crippen LogP) is 1.28. The number of nitriles is 1. The standard InChI is InChI=1S/C8H9FN2/c1-6-2-3-7(9)8(4-10)11-5-6/h2-3,8,11H,5H2,1H3. The molecule has 0 fully saturated rings. The molecule has 1 aliphatic heterocycles. The van der Waals surface area contributed by atoms with Crippen LogP contribution < -0.4 is 5.32 Å². The lowest BCUT2D eigenvalue weighted by atomic mass is 10.3. The number of hydrogen-bond acceptors (Lipinski definition) is 2. The Balaban J connectivity index is 2.77. The van der Waals surface area contributed by atoms with Gasteiger partial charge in [0, 0.05) is 6.54 Å². The van der Waals surface area contributed by atoms with Crippen LogP contribution in [0, 0.1) is 11.3 Å². The maximum Gasteiger partial charge on any atom is 0.148 e. The van der Waals surface area contributed by atoms with Gasteiger partial charge in [0.25, 0.3) is 0 Å². The summed E-state index contributed by atoms with van der Waals surface area (Å²) < 4.78 is 12.8. The van der Waals surface area contributed by atoms with Gasteiger partial charge in [-0.15, -0.1) is 0 Å². The van der Waals surface area contributed by atoms with Crippen molar-refractivity contribution in [3.63, 3.8) is 0 Å². The molecule has 0 aliphatic carbocycles. The summed E-state index contributed by atoms with van der Waals surface area (Å²) in [6.07, 6.45) is 3.02. The highest BCUT2D eigenvalue weighted by Crippen LogP contribution is 2.08. The van der Waals surface area contributed by atoms with Crippen molar-refractivity contribution in [3.8, 4) is 6.07 Å². The molecule has 0 amide bonds. The molecule has 1 atom stereocenters. The first-order valence-corrected chi connectivity index (χ1v) is 3.40. The van der Waals surface area contributed by atoms with Crippen molar-refractivity contribution < 1.29 is 4.39 Å². The fourth-order valence-corrected chi connectivity index (χ4v) is 0.845. The van der Waals surface area contributed by atoms with Gasteiger partial charge in [-0.25, -0.2) is 4.39 Å². The van der Waals surface area contributed by atoms with Gasteiger partial charge in [0.2, 0.25) is 0 Å². The van der Waals surface area contributed by atoms with Crippen LogP contribution in [-0.2, 0) is 0 Å². The fraction of sp³-hybridized carbons (Fsp3) is 0.375. The third-order valence-electron chi connectivity index (χ3n) is 1.52. The van der Waals surface area contributed by atoms with Crippen molar-refractivity contribution in [2.75, 3.05) is 6.54 Å².